The Morgan fingerprint density at radius 2 is 1.88 bits per heavy atom. The average Bonchev–Trinajstić information content (AvgIpc) is 3.43. The number of likely N-dealkylation sites (tertiary alicyclic amines) is 1. The Balaban J connectivity index is 1.19. The van der Waals surface area contributed by atoms with Crippen molar-refractivity contribution in [2.45, 2.75) is 32.1 Å². The van der Waals surface area contributed by atoms with E-state index in [1.807, 2.05) is 48.2 Å². The standard InChI is InChI=1S/C25H27N3O3S/c1-2-31-20-9-7-19(8-10-20)28-16-18(15-23(28)29)25(30)27-13-11-17(12-14-27)24-26-21-5-3-4-6-22(21)32-24/h3-10,17-18H,2,11-16H2,1H3/t18-/m1/s1. The molecule has 32 heavy (non-hydrogen) atoms. The van der Waals surface area contributed by atoms with Crippen molar-refractivity contribution in [3.63, 3.8) is 0 Å². The number of fused-ring (bicyclic) bond motifs is 1. The van der Waals surface area contributed by atoms with Crippen LogP contribution in [-0.4, -0.2) is 47.9 Å². The zero-order chi connectivity index (χ0) is 22.1. The summed E-state index contributed by atoms with van der Waals surface area (Å²) in [7, 11) is 0. The summed E-state index contributed by atoms with van der Waals surface area (Å²) in [6.45, 7) is 4.45. The second kappa shape index (κ2) is 8.90. The van der Waals surface area contributed by atoms with Gasteiger partial charge < -0.3 is 14.5 Å². The number of hydrogen-bond acceptors (Lipinski definition) is 5. The fraction of sp³-hybridized carbons (Fsp3) is 0.400. The van der Waals surface area contributed by atoms with Gasteiger partial charge in [-0.05, 0) is 56.2 Å². The van der Waals surface area contributed by atoms with Crippen LogP contribution in [0.1, 0.15) is 37.1 Å². The Bertz CT molecular complexity index is 1090. The number of carbonyl (C=O) groups is 2. The van der Waals surface area contributed by atoms with E-state index in [-0.39, 0.29) is 24.2 Å². The van der Waals surface area contributed by atoms with Crippen molar-refractivity contribution in [3.05, 3.63) is 53.5 Å². The van der Waals surface area contributed by atoms with Crippen molar-refractivity contribution in [3.8, 4) is 5.75 Å². The van der Waals surface area contributed by atoms with Crippen LogP contribution >= 0.6 is 11.3 Å². The topological polar surface area (TPSA) is 62.7 Å². The molecule has 0 saturated carbocycles. The fourth-order valence-electron chi connectivity index (χ4n) is 4.68. The zero-order valence-corrected chi connectivity index (χ0v) is 19.0. The first-order valence-corrected chi connectivity index (χ1v) is 12.1. The number of piperidine rings is 1. The molecular weight excluding hydrogens is 422 g/mol. The Morgan fingerprint density at radius 1 is 1.12 bits per heavy atom. The summed E-state index contributed by atoms with van der Waals surface area (Å²) >= 11 is 1.77. The molecule has 7 heteroatoms. The van der Waals surface area contributed by atoms with E-state index < -0.39 is 0 Å². The number of carbonyl (C=O) groups excluding carboxylic acids is 2. The smallest absolute Gasteiger partial charge is 0.228 e. The summed E-state index contributed by atoms with van der Waals surface area (Å²) in [4.78, 5) is 34.3. The van der Waals surface area contributed by atoms with E-state index in [0.29, 0.717) is 19.1 Å². The van der Waals surface area contributed by atoms with Gasteiger partial charge in [-0.2, -0.15) is 0 Å². The van der Waals surface area contributed by atoms with Gasteiger partial charge in [0.15, 0.2) is 0 Å². The molecule has 6 nitrogen and oxygen atoms in total. The van der Waals surface area contributed by atoms with Gasteiger partial charge in [-0.25, -0.2) is 4.98 Å². The van der Waals surface area contributed by atoms with Crippen LogP contribution in [0.2, 0.25) is 0 Å². The van der Waals surface area contributed by atoms with Gasteiger partial charge in [-0.3, -0.25) is 9.59 Å². The number of benzene rings is 2. The maximum Gasteiger partial charge on any atom is 0.228 e. The number of amides is 2. The molecule has 1 aromatic heterocycles. The number of nitrogens with zero attached hydrogens (tertiary/aromatic N) is 3. The van der Waals surface area contributed by atoms with Gasteiger partial charge in [0.1, 0.15) is 5.75 Å². The van der Waals surface area contributed by atoms with Gasteiger partial charge in [0.2, 0.25) is 11.8 Å². The molecule has 0 N–H and O–H groups in total. The van der Waals surface area contributed by atoms with E-state index in [1.165, 1.54) is 9.71 Å². The lowest BCUT2D eigenvalue weighted by Gasteiger charge is -2.32. The lowest BCUT2D eigenvalue weighted by molar-refractivity contribution is -0.136. The third-order valence-electron chi connectivity index (χ3n) is 6.40. The molecule has 0 radical (unpaired) electrons. The molecule has 2 fully saturated rings. The molecular formula is C25H27N3O3S. The highest BCUT2D eigenvalue weighted by atomic mass is 32.1. The summed E-state index contributed by atoms with van der Waals surface area (Å²) < 4.78 is 6.70. The quantitative estimate of drug-likeness (QED) is 0.577. The van der Waals surface area contributed by atoms with E-state index in [0.717, 1.165) is 42.9 Å². The number of para-hydroxylation sites is 1. The van der Waals surface area contributed by atoms with Crippen molar-refractivity contribution < 1.29 is 14.3 Å². The lowest BCUT2D eigenvalue weighted by atomic mass is 9.96. The summed E-state index contributed by atoms with van der Waals surface area (Å²) in [6.07, 6.45) is 2.13. The molecule has 2 aromatic carbocycles. The van der Waals surface area contributed by atoms with Crippen LogP contribution in [-0.2, 0) is 9.59 Å². The number of hydrogen-bond donors (Lipinski definition) is 0. The molecule has 0 spiro atoms. The minimum atomic E-state index is -0.270. The molecule has 3 heterocycles. The molecule has 2 saturated heterocycles. The van der Waals surface area contributed by atoms with Crippen LogP contribution in [0.4, 0.5) is 5.69 Å². The highest BCUT2D eigenvalue weighted by molar-refractivity contribution is 7.18. The van der Waals surface area contributed by atoms with Gasteiger partial charge in [0.25, 0.3) is 0 Å². The summed E-state index contributed by atoms with van der Waals surface area (Å²) in [5.74, 6) is 1.04. The Labute approximate surface area is 191 Å². The van der Waals surface area contributed by atoms with Crippen molar-refractivity contribution in [2.75, 3.05) is 31.1 Å². The average molecular weight is 450 g/mol. The molecule has 0 aliphatic carbocycles. The predicted octanol–water partition coefficient (Wildman–Crippen LogP) is 4.45. The summed E-state index contributed by atoms with van der Waals surface area (Å²) in [5.41, 5.74) is 1.88. The van der Waals surface area contributed by atoms with Crippen molar-refractivity contribution in [1.82, 2.24) is 9.88 Å². The van der Waals surface area contributed by atoms with E-state index in [1.54, 1.807) is 16.2 Å². The molecule has 1 atom stereocenters. The van der Waals surface area contributed by atoms with Crippen LogP contribution < -0.4 is 9.64 Å². The first kappa shape index (κ1) is 20.9. The normalized spacial score (nSPS) is 19.7. The van der Waals surface area contributed by atoms with Gasteiger partial charge in [0, 0.05) is 37.7 Å². The van der Waals surface area contributed by atoms with Gasteiger partial charge in [0.05, 0.1) is 27.7 Å². The van der Waals surface area contributed by atoms with Crippen LogP contribution in [0, 0.1) is 5.92 Å². The maximum atomic E-state index is 13.2. The Hall–Kier alpha value is -2.93. The van der Waals surface area contributed by atoms with E-state index in [2.05, 4.69) is 12.1 Å². The molecule has 0 unspecified atom stereocenters. The molecule has 5 rings (SSSR count). The van der Waals surface area contributed by atoms with E-state index in [4.69, 9.17) is 9.72 Å². The van der Waals surface area contributed by atoms with Crippen LogP contribution in [0.15, 0.2) is 48.5 Å². The number of anilines is 1. The van der Waals surface area contributed by atoms with Crippen LogP contribution in [0.5, 0.6) is 5.75 Å². The first-order valence-electron chi connectivity index (χ1n) is 11.3. The second-order valence-electron chi connectivity index (χ2n) is 8.45. The zero-order valence-electron chi connectivity index (χ0n) is 18.2. The lowest BCUT2D eigenvalue weighted by Crippen LogP contribution is -2.42. The maximum absolute atomic E-state index is 13.2. The predicted molar refractivity (Wildman–Crippen MR) is 126 cm³/mol. The molecule has 2 aliphatic heterocycles. The highest BCUT2D eigenvalue weighted by Gasteiger charge is 2.38. The minimum absolute atomic E-state index is 0.0110. The Morgan fingerprint density at radius 3 is 2.59 bits per heavy atom. The van der Waals surface area contributed by atoms with Crippen molar-refractivity contribution in [2.24, 2.45) is 5.92 Å². The summed E-state index contributed by atoms with van der Waals surface area (Å²) in [6, 6.07) is 15.8. The first-order chi connectivity index (χ1) is 15.6. The van der Waals surface area contributed by atoms with Crippen molar-refractivity contribution >= 4 is 39.1 Å². The van der Waals surface area contributed by atoms with Crippen LogP contribution in [0.3, 0.4) is 0 Å². The van der Waals surface area contributed by atoms with Gasteiger partial charge >= 0.3 is 0 Å². The number of thiazole rings is 1. The molecule has 3 aromatic rings. The molecule has 2 amide bonds. The monoisotopic (exact) mass is 449 g/mol. The molecule has 0 bridgehead atoms. The number of ether oxygens (including phenoxy) is 1. The highest BCUT2D eigenvalue weighted by Crippen LogP contribution is 2.35. The minimum Gasteiger partial charge on any atom is -0.494 e. The third kappa shape index (κ3) is 4.09. The number of rotatable bonds is 5. The van der Waals surface area contributed by atoms with Gasteiger partial charge in [-0.15, -0.1) is 11.3 Å². The van der Waals surface area contributed by atoms with Crippen molar-refractivity contribution in [1.29, 1.82) is 0 Å². The van der Waals surface area contributed by atoms with Crippen LogP contribution in [0.25, 0.3) is 10.2 Å². The summed E-state index contributed by atoms with van der Waals surface area (Å²) in [5, 5.41) is 1.18. The molecule has 2 aliphatic rings. The van der Waals surface area contributed by atoms with E-state index >= 15 is 0 Å². The largest absolute Gasteiger partial charge is 0.494 e. The SMILES string of the molecule is CCOc1ccc(N2C[C@H](C(=O)N3CCC(c4nc5ccccc5s4)CC3)CC2=O)cc1. The Kier molecular flexibility index (Phi) is 5.83. The third-order valence-corrected chi connectivity index (χ3v) is 7.60. The molecule has 166 valence electrons. The van der Waals surface area contributed by atoms with E-state index in [9.17, 15) is 9.59 Å². The fourth-order valence-corrected chi connectivity index (χ4v) is 5.82. The van der Waals surface area contributed by atoms with Gasteiger partial charge in [-0.1, -0.05) is 12.1 Å². The number of aromatic nitrogens is 1. The second-order valence-corrected chi connectivity index (χ2v) is 9.51.